The predicted octanol–water partition coefficient (Wildman–Crippen LogP) is 2.55. The van der Waals surface area contributed by atoms with Gasteiger partial charge in [0.25, 0.3) is 0 Å². The molecule has 1 aliphatic rings. The molecule has 0 bridgehead atoms. The molecule has 0 radical (unpaired) electrons. The lowest BCUT2D eigenvalue weighted by Crippen LogP contribution is -2.36. The lowest BCUT2D eigenvalue weighted by atomic mass is 9.87. The van der Waals surface area contributed by atoms with Crippen LogP contribution in [0, 0.1) is 11.7 Å². The maximum absolute atomic E-state index is 13.4. The molecule has 1 unspecified atom stereocenters. The third-order valence-electron chi connectivity index (χ3n) is 4.56. The van der Waals surface area contributed by atoms with Crippen molar-refractivity contribution in [1.29, 1.82) is 0 Å². The molecule has 3 aromatic rings. The van der Waals surface area contributed by atoms with E-state index in [4.69, 9.17) is 0 Å². The van der Waals surface area contributed by atoms with Gasteiger partial charge in [0, 0.05) is 6.54 Å². The van der Waals surface area contributed by atoms with Crippen LogP contribution in [0.1, 0.15) is 24.4 Å². The van der Waals surface area contributed by atoms with Crippen molar-refractivity contribution in [3.8, 4) is 0 Å². The van der Waals surface area contributed by atoms with Gasteiger partial charge in [-0.3, -0.25) is 0 Å². The molecule has 0 aliphatic carbocycles. The fourth-order valence-corrected chi connectivity index (χ4v) is 3.46. The monoisotopic (exact) mass is 311 g/mol. The van der Waals surface area contributed by atoms with Crippen LogP contribution in [-0.4, -0.2) is 33.3 Å². The maximum Gasteiger partial charge on any atom is 0.162 e. The van der Waals surface area contributed by atoms with Gasteiger partial charge in [0.15, 0.2) is 6.33 Å². The Morgan fingerprint density at radius 3 is 2.83 bits per heavy atom. The average Bonchev–Trinajstić information content (AvgIpc) is 3.10. The molecule has 0 spiro atoms. The number of nitrogens with one attached hydrogen (secondary N) is 1. The number of hydrogen-bond donors (Lipinski definition) is 1. The molecule has 2 heterocycles. The standard InChI is InChI=1S/C17H18FN5/c18-16-6-5-12-8-14(4-3-13(12)9-16)17(23-21-11-20-22-23)15-2-1-7-19-10-15/h3-6,8-9,11,15,17,19H,1-2,7,10H2/t15?,17-/m0/s1. The molecule has 23 heavy (non-hydrogen) atoms. The van der Waals surface area contributed by atoms with E-state index in [1.54, 1.807) is 10.9 Å². The van der Waals surface area contributed by atoms with E-state index in [-0.39, 0.29) is 11.9 Å². The van der Waals surface area contributed by atoms with Crippen molar-refractivity contribution in [1.82, 2.24) is 25.5 Å². The molecule has 2 aromatic carbocycles. The van der Waals surface area contributed by atoms with Crippen LogP contribution in [0.2, 0.25) is 0 Å². The van der Waals surface area contributed by atoms with Crippen LogP contribution in [0.15, 0.2) is 42.7 Å². The number of hydrogen-bond acceptors (Lipinski definition) is 4. The van der Waals surface area contributed by atoms with Gasteiger partial charge in [0.2, 0.25) is 0 Å². The van der Waals surface area contributed by atoms with E-state index < -0.39 is 0 Å². The van der Waals surface area contributed by atoms with Crippen molar-refractivity contribution in [2.24, 2.45) is 5.92 Å². The van der Waals surface area contributed by atoms with Gasteiger partial charge >= 0.3 is 0 Å². The summed E-state index contributed by atoms with van der Waals surface area (Å²) in [5.41, 5.74) is 1.14. The number of nitrogens with zero attached hydrogens (tertiary/aromatic N) is 4. The van der Waals surface area contributed by atoms with Crippen molar-refractivity contribution in [3.63, 3.8) is 0 Å². The van der Waals surface area contributed by atoms with Gasteiger partial charge in [-0.05, 0) is 65.1 Å². The molecule has 2 atom stereocenters. The van der Waals surface area contributed by atoms with E-state index in [0.717, 1.165) is 42.3 Å². The Labute approximate surface area is 133 Å². The summed E-state index contributed by atoms with van der Waals surface area (Å²) in [6, 6.07) is 11.0. The Morgan fingerprint density at radius 1 is 1.17 bits per heavy atom. The van der Waals surface area contributed by atoms with Crippen molar-refractivity contribution in [2.75, 3.05) is 13.1 Å². The quantitative estimate of drug-likeness (QED) is 0.807. The molecular formula is C17H18FN5. The molecule has 118 valence electrons. The lowest BCUT2D eigenvalue weighted by molar-refractivity contribution is 0.261. The van der Waals surface area contributed by atoms with E-state index >= 15 is 0 Å². The van der Waals surface area contributed by atoms with Gasteiger partial charge in [-0.15, -0.1) is 10.2 Å². The minimum atomic E-state index is -0.212. The van der Waals surface area contributed by atoms with Gasteiger partial charge in [0.1, 0.15) is 11.9 Å². The zero-order valence-electron chi connectivity index (χ0n) is 12.7. The Kier molecular flexibility index (Phi) is 3.75. The summed E-state index contributed by atoms with van der Waals surface area (Å²) in [4.78, 5) is 1.70. The number of halogens is 1. The molecule has 6 heteroatoms. The van der Waals surface area contributed by atoms with Crippen LogP contribution in [-0.2, 0) is 0 Å². The number of rotatable bonds is 3. The number of aromatic nitrogens is 4. The van der Waals surface area contributed by atoms with E-state index in [1.165, 1.54) is 12.4 Å². The first kappa shape index (κ1) is 14.3. The Hall–Kier alpha value is -2.34. The number of fused-ring (bicyclic) bond motifs is 1. The molecular weight excluding hydrogens is 293 g/mol. The van der Waals surface area contributed by atoms with E-state index in [0.29, 0.717) is 5.92 Å². The molecule has 0 saturated carbocycles. The summed E-state index contributed by atoms with van der Waals surface area (Å²) in [7, 11) is 0. The molecule has 1 aliphatic heterocycles. The van der Waals surface area contributed by atoms with Crippen LogP contribution in [0.25, 0.3) is 10.8 Å². The minimum absolute atomic E-state index is 0.0414. The zero-order chi connectivity index (χ0) is 15.6. The summed E-state index contributed by atoms with van der Waals surface area (Å²) in [6.07, 6.45) is 3.75. The maximum atomic E-state index is 13.4. The van der Waals surface area contributed by atoms with Crippen LogP contribution < -0.4 is 5.32 Å². The first-order chi connectivity index (χ1) is 11.3. The van der Waals surface area contributed by atoms with Gasteiger partial charge in [-0.1, -0.05) is 18.2 Å². The summed E-state index contributed by atoms with van der Waals surface area (Å²) < 4.78 is 13.4. The number of benzene rings is 2. The van der Waals surface area contributed by atoms with Crippen LogP contribution in [0.5, 0.6) is 0 Å². The summed E-state index contributed by atoms with van der Waals surface area (Å²) in [6.45, 7) is 2.00. The minimum Gasteiger partial charge on any atom is -0.316 e. The molecule has 4 rings (SSSR count). The molecule has 5 nitrogen and oxygen atoms in total. The Bertz CT molecular complexity index is 796. The molecule has 1 aromatic heterocycles. The third-order valence-corrected chi connectivity index (χ3v) is 4.56. The van der Waals surface area contributed by atoms with Crippen LogP contribution in [0.4, 0.5) is 4.39 Å². The lowest BCUT2D eigenvalue weighted by Gasteiger charge is -2.30. The zero-order valence-corrected chi connectivity index (χ0v) is 12.7. The predicted molar refractivity (Wildman–Crippen MR) is 85.5 cm³/mol. The summed E-state index contributed by atoms with van der Waals surface area (Å²) >= 11 is 0. The van der Waals surface area contributed by atoms with E-state index in [1.807, 2.05) is 18.2 Å². The third kappa shape index (κ3) is 2.82. The van der Waals surface area contributed by atoms with Crippen molar-refractivity contribution in [3.05, 3.63) is 54.1 Å². The second kappa shape index (κ2) is 6.04. The smallest absolute Gasteiger partial charge is 0.162 e. The summed E-state index contributed by atoms with van der Waals surface area (Å²) in [5.74, 6) is 0.201. The topological polar surface area (TPSA) is 55.6 Å². The average molecular weight is 311 g/mol. The van der Waals surface area contributed by atoms with E-state index in [9.17, 15) is 4.39 Å². The molecule has 1 saturated heterocycles. The fourth-order valence-electron chi connectivity index (χ4n) is 3.46. The molecule has 1 fully saturated rings. The second-order valence-corrected chi connectivity index (χ2v) is 6.06. The Balaban J connectivity index is 1.77. The van der Waals surface area contributed by atoms with Crippen molar-refractivity contribution < 1.29 is 4.39 Å². The normalized spacial score (nSPS) is 19.8. The van der Waals surface area contributed by atoms with Crippen LogP contribution >= 0.6 is 0 Å². The van der Waals surface area contributed by atoms with Crippen molar-refractivity contribution in [2.45, 2.75) is 18.9 Å². The van der Waals surface area contributed by atoms with Gasteiger partial charge in [0.05, 0.1) is 0 Å². The van der Waals surface area contributed by atoms with Gasteiger partial charge in [-0.2, -0.15) is 4.80 Å². The largest absolute Gasteiger partial charge is 0.316 e. The first-order valence-electron chi connectivity index (χ1n) is 7.94. The van der Waals surface area contributed by atoms with Crippen LogP contribution in [0.3, 0.4) is 0 Å². The summed E-state index contributed by atoms with van der Waals surface area (Å²) in [5, 5.41) is 17.7. The number of tetrazole rings is 1. The second-order valence-electron chi connectivity index (χ2n) is 6.06. The SMILES string of the molecule is Fc1ccc2cc([C@@H](C3CCCNC3)n3ncnn3)ccc2c1. The number of piperidine rings is 1. The fraction of sp³-hybridized carbons (Fsp3) is 0.353. The highest BCUT2D eigenvalue weighted by Gasteiger charge is 2.28. The molecule has 1 N–H and O–H groups in total. The van der Waals surface area contributed by atoms with Gasteiger partial charge < -0.3 is 5.32 Å². The highest BCUT2D eigenvalue weighted by molar-refractivity contribution is 5.83. The molecule has 0 amide bonds. The highest BCUT2D eigenvalue weighted by Crippen LogP contribution is 2.31. The van der Waals surface area contributed by atoms with Gasteiger partial charge in [-0.25, -0.2) is 4.39 Å². The Morgan fingerprint density at radius 2 is 2.04 bits per heavy atom. The highest BCUT2D eigenvalue weighted by atomic mass is 19.1. The van der Waals surface area contributed by atoms with E-state index in [2.05, 4.69) is 26.8 Å². The first-order valence-corrected chi connectivity index (χ1v) is 7.94. The van der Waals surface area contributed by atoms with Crippen molar-refractivity contribution >= 4 is 10.8 Å².